The first-order valence-corrected chi connectivity index (χ1v) is 11.4. The van der Waals surface area contributed by atoms with Gasteiger partial charge in [-0.25, -0.2) is 13.4 Å². The van der Waals surface area contributed by atoms with Crippen LogP contribution in [-0.2, 0) is 9.84 Å². The van der Waals surface area contributed by atoms with Gasteiger partial charge in [-0.05, 0) is 23.8 Å². The lowest BCUT2D eigenvalue weighted by atomic mass is 9.89. The number of hydrogen-bond donors (Lipinski definition) is 3. The molecule has 2 aromatic carbocycles. The van der Waals surface area contributed by atoms with Crippen LogP contribution < -0.4 is 5.32 Å². The highest BCUT2D eigenvalue weighted by Gasteiger charge is 2.61. The number of hydrogen-bond acceptors (Lipinski definition) is 5. The lowest BCUT2D eigenvalue weighted by Crippen LogP contribution is -2.57. The maximum atomic E-state index is 14.2. The molecule has 0 radical (unpaired) electrons. The molecule has 0 saturated carbocycles. The van der Waals surface area contributed by atoms with Gasteiger partial charge >= 0.3 is 6.18 Å². The van der Waals surface area contributed by atoms with Crippen LogP contribution in [0.5, 0.6) is 0 Å². The Balaban J connectivity index is 1.96. The number of benzene rings is 2. The SMILES string of the molecule is O=S(=O)(CC=Cc1ncc[nH]1)CC(O)(C(Nc1ccccc1)c1ccccc1)C(F)(F)F. The van der Waals surface area contributed by atoms with Crippen molar-refractivity contribution in [3.8, 4) is 0 Å². The van der Waals surface area contributed by atoms with Crippen molar-refractivity contribution >= 4 is 21.6 Å². The highest BCUT2D eigenvalue weighted by Crippen LogP contribution is 2.43. The van der Waals surface area contributed by atoms with Crippen molar-refractivity contribution in [3.05, 3.63) is 90.5 Å². The Kier molecular flexibility index (Phi) is 7.05. The van der Waals surface area contributed by atoms with E-state index >= 15 is 0 Å². The number of nitrogens with zero attached hydrogens (tertiary/aromatic N) is 1. The van der Waals surface area contributed by atoms with Crippen molar-refractivity contribution in [2.24, 2.45) is 0 Å². The highest BCUT2D eigenvalue weighted by atomic mass is 32.2. The first kappa shape index (κ1) is 23.6. The van der Waals surface area contributed by atoms with Crippen LogP contribution in [0.25, 0.3) is 6.08 Å². The average molecular weight is 465 g/mol. The first-order chi connectivity index (χ1) is 15.1. The molecule has 0 aliphatic heterocycles. The predicted octanol–water partition coefficient (Wildman–Crippen LogP) is 3.98. The number of halogens is 3. The van der Waals surface area contributed by atoms with Crippen LogP contribution in [0.1, 0.15) is 17.4 Å². The Hall–Kier alpha value is -3.11. The van der Waals surface area contributed by atoms with Crippen molar-refractivity contribution in [2.75, 3.05) is 16.8 Å². The second kappa shape index (κ2) is 9.58. The summed E-state index contributed by atoms with van der Waals surface area (Å²) in [7, 11) is -4.36. The molecule has 3 rings (SSSR count). The largest absolute Gasteiger partial charge is 0.420 e. The summed E-state index contributed by atoms with van der Waals surface area (Å²) in [5.74, 6) is -1.86. The van der Waals surface area contributed by atoms with Gasteiger partial charge in [0.2, 0.25) is 0 Å². The van der Waals surface area contributed by atoms with Crippen LogP contribution in [0, 0.1) is 0 Å². The van der Waals surface area contributed by atoms with E-state index in [1.165, 1.54) is 60.9 Å². The molecule has 6 nitrogen and oxygen atoms in total. The summed E-state index contributed by atoms with van der Waals surface area (Å²) in [5, 5.41) is 13.6. The number of imidazole rings is 1. The summed E-state index contributed by atoms with van der Waals surface area (Å²) in [5.41, 5.74) is -3.20. The van der Waals surface area contributed by atoms with E-state index in [9.17, 15) is 26.7 Å². The number of alkyl halides is 3. The zero-order valence-electron chi connectivity index (χ0n) is 16.8. The zero-order valence-corrected chi connectivity index (χ0v) is 17.6. The van der Waals surface area contributed by atoms with Crippen molar-refractivity contribution in [3.63, 3.8) is 0 Å². The Labute approximate surface area is 183 Å². The van der Waals surface area contributed by atoms with Crippen LogP contribution in [0.15, 0.2) is 79.1 Å². The van der Waals surface area contributed by atoms with Crippen molar-refractivity contribution in [2.45, 2.75) is 17.8 Å². The first-order valence-electron chi connectivity index (χ1n) is 9.63. The summed E-state index contributed by atoms with van der Waals surface area (Å²) in [6.45, 7) is 0. The fourth-order valence-corrected chi connectivity index (χ4v) is 4.73. The molecular formula is C22H22F3N3O3S. The molecule has 10 heteroatoms. The maximum Gasteiger partial charge on any atom is 0.420 e. The van der Waals surface area contributed by atoms with E-state index in [1.807, 2.05) is 0 Å². The van der Waals surface area contributed by atoms with Crippen molar-refractivity contribution in [1.29, 1.82) is 0 Å². The molecule has 0 fully saturated rings. The molecule has 0 spiro atoms. The summed E-state index contributed by atoms with van der Waals surface area (Å²) in [6.07, 6.45) is 0.272. The van der Waals surface area contributed by atoms with E-state index in [2.05, 4.69) is 15.3 Å². The van der Waals surface area contributed by atoms with Crippen LogP contribution in [-0.4, -0.2) is 46.8 Å². The number of rotatable bonds is 9. The third-order valence-corrected chi connectivity index (χ3v) is 6.35. The summed E-state index contributed by atoms with van der Waals surface area (Å²) in [4.78, 5) is 6.62. The quantitative estimate of drug-likeness (QED) is 0.444. The summed E-state index contributed by atoms with van der Waals surface area (Å²) < 4.78 is 68.0. The molecule has 32 heavy (non-hydrogen) atoms. The van der Waals surface area contributed by atoms with Gasteiger partial charge in [-0.2, -0.15) is 13.2 Å². The van der Waals surface area contributed by atoms with E-state index in [-0.39, 0.29) is 5.56 Å². The minimum Gasteiger partial charge on any atom is -0.378 e. The average Bonchev–Trinajstić information content (AvgIpc) is 3.25. The van der Waals surface area contributed by atoms with E-state index in [0.29, 0.717) is 11.5 Å². The summed E-state index contributed by atoms with van der Waals surface area (Å²) in [6, 6.07) is 13.7. The van der Waals surface area contributed by atoms with Crippen LogP contribution >= 0.6 is 0 Å². The number of para-hydroxylation sites is 1. The number of nitrogens with one attached hydrogen (secondary N) is 2. The van der Waals surface area contributed by atoms with Crippen molar-refractivity contribution in [1.82, 2.24) is 9.97 Å². The Bertz CT molecular complexity index is 1120. The van der Waals surface area contributed by atoms with Gasteiger partial charge in [-0.15, -0.1) is 0 Å². The normalized spacial score (nSPS) is 15.4. The number of sulfone groups is 1. The van der Waals surface area contributed by atoms with Crippen LogP contribution in [0.2, 0.25) is 0 Å². The fraction of sp³-hybridized carbons (Fsp3) is 0.227. The highest BCUT2D eigenvalue weighted by molar-refractivity contribution is 7.91. The van der Waals surface area contributed by atoms with Gasteiger partial charge in [0, 0.05) is 18.1 Å². The molecule has 0 aliphatic rings. The van der Waals surface area contributed by atoms with Crippen LogP contribution in [0.4, 0.5) is 18.9 Å². The lowest BCUT2D eigenvalue weighted by Gasteiger charge is -2.38. The molecule has 0 saturated heterocycles. The number of aromatic amines is 1. The number of H-pyrrole nitrogens is 1. The molecule has 3 N–H and O–H groups in total. The third-order valence-electron chi connectivity index (χ3n) is 4.77. The summed E-state index contributed by atoms with van der Waals surface area (Å²) >= 11 is 0. The van der Waals surface area contributed by atoms with Crippen molar-refractivity contribution < 1.29 is 26.7 Å². The molecule has 2 unspecified atom stereocenters. The number of aliphatic hydroxyl groups is 1. The van der Waals surface area contributed by atoms with Gasteiger partial charge < -0.3 is 15.4 Å². The van der Waals surface area contributed by atoms with Gasteiger partial charge in [-0.3, -0.25) is 0 Å². The Morgan fingerprint density at radius 3 is 2.25 bits per heavy atom. The third kappa shape index (κ3) is 5.77. The van der Waals surface area contributed by atoms with Crippen LogP contribution in [0.3, 0.4) is 0 Å². The molecule has 0 bridgehead atoms. The predicted molar refractivity (Wildman–Crippen MR) is 117 cm³/mol. The minimum atomic E-state index is -5.24. The Morgan fingerprint density at radius 2 is 1.69 bits per heavy atom. The molecule has 2 atom stereocenters. The smallest absolute Gasteiger partial charge is 0.378 e. The van der Waals surface area contributed by atoms with Gasteiger partial charge in [0.15, 0.2) is 15.4 Å². The lowest BCUT2D eigenvalue weighted by molar-refractivity contribution is -0.257. The molecule has 1 heterocycles. The molecule has 3 aromatic rings. The van der Waals surface area contributed by atoms with E-state index in [0.717, 1.165) is 0 Å². The zero-order chi connectivity index (χ0) is 23.2. The van der Waals surface area contributed by atoms with Gasteiger partial charge in [0.05, 0.1) is 17.5 Å². The Morgan fingerprint density at radius 1 is 1.06 bits per heavy atom. The van der Waals surface area contributed by atoms with Gasteiger partial charge in [0.1, 0.15) is 5.82 Å². The molecule has 0 aliphatic carbocycles. The maximum absolute atomic E-state index is 14.2. The standard InChI is InChI=1S/C22H22F3N3O3S/c23-22(24,25)21(29,16-32(30,31)15-7-12-19-26-13-14-27-19)20(17-8-3-1-4-9-17)28-18-10-5-2-6-11-18/h1-14,20,28-29H,15-16H2,(H,26,27). The van der Waals surface area contributed by atoms with Gasteiger partial charge in [-0.1, -0.05) is 54.6 Å². The second-order valence-electron chi connectivity index (χ2n) is 7.21. The molecule has 170 valence electrons. The van der Waals surface area contributed by atoms with Gasteiger partial charge in [0.25, 0.3) is 0 Å². The molecular weight excluding hydrogens is 443 g/mol. The molecule has 1 aromatic heterocycles. The van der Waals surface area contributed by atoms with E-state index in [1.54, 1.807) is 24.3 Å². The van der Waals surface area contributed by atoms with E-state index in [4.69, 9.17) is 0 Å². The fourth-order valence-electron chi connectivity index (χ4n) is 3.22. The number of aromatic nitrogens is 2. The van der Waals surface area contributed by atoms with E-state index < -0.39 is 39.2 Å². The topological polar surface area (TPSA) is 95.1 Å². The monoisotopic (exact) mass is 465 g/mol. The minimum absolute atomic E-state index is 0.0949. The molecule has 0 amide bonds. The number of anilines is 1. The second-order valence-corrected chi connectivity index (χ2v) is 9.32.